The van der Waals surface area contributed by atoms with Crippen molar-refractivity contribution in [2.75, 3.05) is 6.54 Å². The minimum absolute atomic E-state index is 0.0419. The molecule has 0 aliphatic rings. The highest BCUT2D eigenvalue weighted by molar-refractivity contribution is 5.76. The van der Waals surface area contributed by atoms with E-state index in [-0.39, 0.29) is 6.54 Å². The molecule has 0 aliphatic carbocycles. The summed E-state index contributed by atoms with van der Waals surface area (Å²) in [5.41, 5.74) is 6.83. The van der Waals surface area contributed by atoms with E-state index in [2.05, 4.69) is 5.32 Å². The van der Waals surface area contributed by atoms with Crippen LogP contribution in [0, 0.1) is 11.6 Å². The number of nitrogens with two attached hydrogens (primary N) is 1. The second kappa shape index (κ2) is 6.25. The Morgan fingerprint density at radius 2 is 1.85 bits per heavy atom. The summed E-state index contributed by atoms with van der Waals surface area (Å²) in [6.45, 7) is 0.413. The third kappa shape index (κ3) is 3.39. The second-order valence-electron chi connectivity index (χ2n) is 4.35. The van der Waals surface area contributed by atoms with Crippen LogP contribution in [0.1, 0.15) is 5.56 Å². The highest BCUT2D eigenvalue weighted by Crippen LogP contribution is 2.26. The summed E-state index contributed by atoms with van der Waals surface area (Å²) in [6.07, 6.45) is 0. The van der Waals surface area contributed by atoms with Gasteiger partial charge in [0.25, 0.3) is 0 Å². The van der Waals surface area contributed by atoms with Gasteiger partial charge in [0.2, 0.25) is 5.91 Å². The molecule has 104 valence electrons. The van der Waals surface area contributed by atoms with Gasteiger partial charge in [-0.15, -0.1) is 0 Å². The van der Waals surface area contributed by atoms with Gasteiger partial charge in [-0.05, 0) is 23.3 Å². The molecule has 0 heterocycles. The lowest BCUT2D eigenvalue weighted by atomic mass is 9.99. The molecule has 0 saturated heterocycles. The van der Waals surface area contributed by atoms with Crippen molar-refractivity contribution in [2.45, 2.75) is 6.54 Å². The Balaban J connectivity index is 2.29. The Kier molecular flexibility index (Phi) is 4.42. The van der Waals surface area contributed by atoms with Gasteiger partial charge in [0.05, 0.1) is 6.54 Å². The first-order valence-electron chi connectivity index (χ1n) is 6.10. The lowest BCUT2D eigenvalue weighted by Crippen LogP contribution is -2.28. The van der Waals surface area contributed by atoms with E-state index in [0.29, 0.717) is 17.7 Å². The molecule has 0 fully saturated rings. The molecule has 5 heteroatoms. The highest BCUT2D eigenvalue weighted by atomic mass is 19.1. The van der Waals surface area contributed by atoms with Gasteiger partial charge in [0.1, 0.15) is 11.6 Å². The van der Waals surface area contributed by atoms with Crippen molar-refractivity contribution in [3.8, 4) is 11.1 Å². The van der Waals surface area contributed by atoms with Gasteiger partial charge in [-0.2, -0.15) is 0 Å². The van der Waals surface area contributed by atoms with Crippen LogP contribution in [-0.4, -0.2) is 12.5 Å². The minimum atomic E-state index is -0.618. The third-order valence-electron chi connectivity index (χ3n) is 2.85. The molecule has 0 spiro atoms. The van der Waals surface area contributed by atoms with E-state index < -0.39 is 17.5 Å². The normalized spacial score (nSPS) is 10.5. The molecule has 0 aliphatic heterocycles. The maximum absolute atomic E-state index is 13.8. The summed E-state index contributed by atoms with van der Waals surface area (Å²) in [5, 5.41) is 2.87. The number of carbonyl (C=O) groups excluding carboxylic acids is 1. The quantitative estimate of drug-likeness (QED) is 0.879. The van der Waals surface area contributed by atoms with Crippen molar-refractivity contribution in [1.29, 1.82) is 0 Å². The number of hydrogen-bond acceptors (Lipinski definition) is 2. The van der Waals surface area contributed by atoms with Gasteiger partial charge >= 0.3 is 0 Å². The molecule has 1 amide bonds. The molecule has 2 aromatic rings. The Morgan fingerprint density at radius 3 is 2.55 bits per heavy atom. The fraction of sp³-hybridized carbons (Fsp3) is 0.133. The topological polar surface area (TPSA) is 55.1 Å². The number of amides is 1. The number of carbonyl (C=O) groups is 1. The first-order valence-corrected chi connectivity index (χ1v) is 6.10. The number of hydrogen-bond donors (Lipinski definition) is 2. The van der Waals surface area contributed by atoms with E-state index in [0.717, 1.165) is 11.6 Å². The lowest BCUT2D eigenvalue weighted by molar-refractivity contribution is -0.117. The number of rotatable bonds is 5. The molecule has 2 rings (SSSR count). The highest BCUT2D eigenvalue weighted by Gasteiger charge is 2.10. The summed E-state index contributed by atoms with van der Waals surface area (Å²) >= 11 is 0. The molecule has 0 radical (unpaired) electrons. The second-order valence-corrected chi connectivity index (χ2v) is 4.35. The van der Waals surface area contributed by atoms with Crippen molar-refractivity contribution >= 4 is 5.91 Å². The smallest absolute Gasteiger partial charge is 0.231 e. The zero-order valence-corrected chi connectivity index (χ0v) is 10.7. The van der Waals surface area contributed by atoms with Crippen LogP contribution in [0.4, 0.5) is 8.78 Å². The maximum atomic E-state index is 13.8. The standard InChI is InChI=1S/C15H14F2N2O/c16-11-5-6-13(14(17)7-11)12-4-2-1-3-10(12)8-19-9-15(18)20/h1-7,19H,8-9H2,(H2,18,20). The average molecular weight is 276 g/mol. The fourth-order valence-corrected chi connectivity index (χ4v) is 1.97. The molecule has 0 saturated carbocycles. The molecular weight excluding hydrogens is 262 g/mol. The first kappa shape index (κ1) is 14.1. The molecule has 2 aromatic carbocycles. The van der Waals surface area contributed by atoms with E-state index in [1.54, 1.807) is 12.1 Å². The monoisotopic (exact) mass is 276 g/mol. The van der Waals surface area contributed by atoms with Crippen LogP contribution in [0.3, 0.4) is 0 Å². The van der Waals surface area contributed by atoms with Gasteiger partial charge in [-0.25, -0.2) is 8.78 Å². The SMILES string of the molecule is NC(=O)CNCc1ccccc1-c1ccc(F)cc1F. The van der Waals surface area contributed by atoms with Crippen LogP contribution in [0.5, 0.6) is 0 Å². The summed E-state index contributed by atoms with van der Waals surface area (Å²) in [4.78, 5) is 10.7. The van der Waals surface area contributed by atoms with Crippen LogP contribution < -0.4 is 11.1 Å². The Labute approximate surface area is 115 Å². The molecule has 0 bridgehead atoms. The van der Waals surface area contributed by atoms with Crippen molar-refractivity contribution < 1.29 is 13.6 Å². The minimum Gasteiger partial charge on any atom is -0.369 e. The molecule has 0 unspecified atom stereocenters. The van der Waals surface area contributed by atoms with E-state index in [1.807, 2.05) is 12.1 Å². The molecule has 0 aromatic heterocycles. The van der Waals surface area contributed by atoms with Crippen molar-refractivity contribution in [3.63, 3.8) is 0 Å². The Bertz CT molecular complexity index is 629. The first-order chi connectivity index (χ1) is 9.58. The van der Waals surface area contributed by atoms with E-state index in [9.17, 15) is 13.6 Å². The van der Waals surface area contributed by atoms with E-state index >= 15 is 0 Å². The van der Waals surface area contributed by atoms with Crippen LogP contribution >= 0.6 is 0 Å². The van der Waals surface area contributed by atoms with Crippen LogP contribution in [0.25, 0.3) is 11.1 Å². The van der Waals surface area contributed by atoms with Gasteiger partial charge in [-0.1, -0.05) is 24.3 Å². The summed E-state index contributed by atoms with van der Waals surface area (Å²) < 4.78 is 26.8. The number of halogens is 2. The zero-order chi connectivity index (χ0) is 14.5. The summed E-state index contributed by atoms with van der Waals surface area (Å²) in [5.74, 6) is -1.70. The predicted octanol–water partition coefficient (Wildman–Crippen LogP) is 2.21. The summed E-state index contributed by atoms with van der Waals surface area (Å²) in [7, 11) is 0. The number of primary amides is 1. The van der Waals surface area contributed by atoms with Crippen LogP contribution in [0.15, 0.2) is 42.5 Å². The zero-order valence-electron chi connectivity index (χ0n) is 10.7. The number of nitrogens with one attached hydrogen (secondary N) is 1. The van der Waals surface area contributed by atoms with Gasteiger partial charge < -0.3 is 11.1 Å². The van der Waals surface area contributed by atoms with Crippen LogP contribution in [0.2, 0.25) is 0 Å². The maximum Gasteiger partial charge on any atom is 0.231 e. The third-order valence-corrected chi connectivity index (χ3v) is 2.85. The predicted molar refractivity (Wildman–Crippen MR) is 72.7 cm³/mol. The summed E-state index contributed by atoms with van der Waals surface area (Å²) in [6, 6.07) is 10.6. The molecular formula is C15H14F2N2O. The van der Waals surface area contributed by atoms with Crippen molar-refractivity contribution in [3.05, 3.63) is 59.7 Å². The van der Waals surface area contributed by atoms with Gasteiger partial charge in [-0.3, -0.25) is 4.79 Å². The molecule has 3 N–H and O–H groups in total. The van der Waals surface area contributed by atoms with E-state index in [4.69, 9.17) is 5.73 Å². The molecule has 3 nitrogen and oxygen atoms in total. The van der Waals surface area contributed by atoms with Gasteiger partial charge in [0, 0.05) is 18.2 Å². The molecule has 0 atom stereocenters. The van der Waals surface area contributed by atoms with E-state index in [1.165, 1.54) is 12.1 Å². The Hall–Kier alpha value is -2.27. The number of benzene rings is 2. The Morgan fingerprint density at radius 1 is 1.10 bits per heavy atom. The van der Waals surface area contributed by atoms with Crippen LogP contribution in [-0.2, 0) is 11.3 Å². The molecule has 20 heavy (non-hydrogen) atoms. The average Bonchev–Trinajstić information content (AvgIpc) is 2.39. The lowest BCUT2D eigenvalue weighted by Gasteiger charge is -2.11. The van der Waals surface area contributed by atoms with Crippen molar-refractivity contribution in [2.24, 2.45) is 5.73 Å². The fourth-order valence-electron chi connectivity index (χ4n) is 1.97. The van der Waals surface area contributed by atoms with Gasteiger partial charge in [0.15, 0.2) is 0 Å². The van der Waals surface area contributed by atoms with Crippen molar-refractivity contribution in [1.82, 2.24) is 5.32 Å². The largest absolute Gasteiger partial charge is 0.369 e.